The number of nitrogens with one attached hydrogen (secondary N) is 1. The normalized spacial score (nSPS) is 14.8. The van der Waals surface area contributed by atoms with Crippen LogP contribution in [0.5, 0.6) is 0 Å². The van der Waals surface area contributed by atoms with Gasteiger partial charge in [0.15, 0.2) is 0 Å². The molecule has 1 aliphatic carbocycles. The first kappa shape index (κ1) is 28.7. The van der Waals surface area contributed by atoms with Crippen LogP contribution in [0.2, 0.25) is 0 Å². The van der Waals surface area contributed by atoms with Gasteiger partial charge in [-0.25, -0.2) is 8.42 Å². The topological polar surface area (TPSA) is 86.8 Å². The number of hydrogen-bond donors (Lipinski definition) is 1. The molecule has 0 bridgehead atoms. The Morgan fingerprint density at radius 2 is 1.70 bits per heavy atom. The second-order valence-electron chi connectivity index (χ2n) is 10.2. The summed E-state index contributed by atoms with van der Waals surface area (Å²) in [6, 6.07) is 15.2. The molecule has 0 unspecified atom stereocenters. The number of aryl methyl sites for hydroxylation is 2. The highest BCUT2D eigenvalue weighted by Crippen LogP contribution is 2.25. The lowest BCUT2D eigenvalue weighted by Gasteiger charge is -2.30. The molecular weight excluding hydrogens is 486 g/mol. The molecule has 0 saturated heterocycles. The summed E-state index contributed by atoms with van der Waals surface area (Å²) < 4.78 is 26.6. The van der Waals surface area contributed by atoms with E-state index >= 15 is 0 Å². The molecule has 202 valence electrons. The van der Waals surface area contributed by atoms with Crippen LogP contribution in [0.3, 0.4) is 0 Å². The number of carbonyl (C=O) groups excluding carboxylic acids is 2. The zero-order valence-electron chi connectivity index (χ0n) is 22.6. The number of carbonyl (C=O) groups is 2. The third-order valence-corrected chi connectivity index (χ3v) is 8.32. The second-order valence-corrected chi connectivity index (χ2v) is 12.1. The van der Waals surface area contributed by atoms with Crippen LogP contribution < -0.4 is 9.62 Å². The number of nitrogens with zero attached hydrogens (tertiary/aromatic N) is 2. The van der Waals surface area contributed by atoms with Crippen molar-refractivity contribution in [2.24, 2.45) is 0 Å². The maximum absolute atomic E-state index is 13.4. The Morgan fingerprint density at radius 3 is 2.35 bits per heavy atom. The Morgan fingerprint density at radius 1 is 1.03 bits per heavy atom. The van der Waals surface area contributed by atoms with E-state index in [1.807, 2.05) is 62.4 Å². The maximum atomic E-state index is 13.4. The van der Waals surface area contributed by atoms with Gasteiger partial charge in [0, 0.05) is 25.6 Å². The largest absolute Gasteiger partial charge is 0.352 e. The first-order valence-corrected chi connectivity index (χ1v) is 15.1. The van der Waals surface area contributed by atoms with Crippen LogP contribution in [0.25, 0.3) is 0 Å². The van der Waals surface area contributed by atoms with Crippen molar-refractivity contribution in [1.82, 2.24) is 10.2 Å². The molecule has 8 heteroatoms. The van der Waals surface area contributed by atoms with Gasteiger partial charge in [0.05, 0.1) is 11.9 Å². The summed E-state index contributed by atoms with van der Waals surface area (Å²) in [7, 11) is -3.52. The zero-order valence-corrected chi connectivity index (χ0v) is 23.4. The van der Waals surface area contributed by atoms with Gasteiger partial charge in [-0.1, -0.05) is 55.3 Å². The molecule has 1 aliphatic rings. The molecule has 2 aromatic carbocycles. The van der Waals surface area contributed by atoms with Crippen molar-refractivity contribution in [3.8, 4) is 0 Å². The van der Waals surface area contributed by atoms with Crippen LogP contribution >= 0.6 is 0 Å². The van der Waals surface area contributed by atoms with Crippen LogP contribution in [0.15, 0.2) is 48.5 Å². The molecule has 37 heavy (non-hydrogen) atoms. The molecule has 0 spiro atoms. The third kappa shape index (κ3) is 8.32. The van der Waals surface area contributed by atoms with E-state index < -0.39 is 16.1 Å². The van der Waals surface area contributed by atoms with Crippen molar-refractivity contribution < 1.29 is 18.0 Å². The lowest BCUT2D eigenvalue weighted by Crippen LogP contribution is -2.50. The summed E-state index contributed by atoms with van der Waals surface area (Å²) in [6.45, 7) is 6.22. The molecule has 0 aliphatic heterocycles. The van der Waals surface area contributed by atoms with Gasteiger partial charge in [0.25, 0.3) is 0 Å². The van der Waals surface area contributed by atoms with Gasteiger partial charge in [-0.3, -0.25) is 13.9 Å². The molecule has 0 aromatic heterocycles. The molecule has 1 saturated carbocycles. The van der Waals surface area contributed by atoms with E-state index in [0.717, 1.165) is 42.4 Å². The van der Waals surface area contributed by atoms with E-state index in [-0.39, 0.29) is 30.8 Å². The monoisotopic (exact) mass is 527 g/mol. The lowest BCUT2D eigenvalue weighted by atomic mass is 10.1. The van der Waals surface area contributed by atoms with E-state index in [4.69, 9.17) is 0 Å². The van der Waals surface area contributed by atoms with Gasteiger partial charge in [-0.05, 0) is 69.2 Å². The predicted molar refractivity (Wildman–Crippen MR) is 149 cm³/mol. The van der Waals surface area contributed by atoms with Crippen LogP contribution in [-0.4, -0.2) is 56.6 Å². The van der Waals surface area contributed by atoms with E-state index in [9.17, 15) is 18.0 Å². The fourth-order valence-electron chi connectivity index (χ4n) is 4.93. The summed E-state index contributed by atoms with van der Waals surface area (Å²) in [6.07, 6.45) is 6.56. The van der Waals surface area contributed by atoms with Crippen molar-refractivity contribution in [1.29, 1.82) is 0 Å². The van der Waals surface area contributed by atoms with Gasteiger partial charge in [-0.15, -0.1) is 0 Å². The maximum Gasteiger partial charge on any atom is 0.242 e. The van der Waals surface area contributed by atoms with E-state index in [0.29, 0.717) is 25.1 Å². The van der Waals surface area contributed by atoms with Crippen LogP contribution in [0.4, 0.5) is 5.69 Å². The van der Waals surface area contributed by atoms with Crippen molar-refractivity contribution >= 4 is 27.5 Å². The average molecular weight is 528 g/mol. The molecular formula is C29H41N3O4S. The first-order chi connectivity index (χ1) is 17.6. The molecule has 1 atom stereocenters. The average Bonchev–Trinajstić information content (AvgIpc) is 3.36. The van der Waals surface area contributed by atoms with E-state index in [1.165, 1.54) is 10.6 Å². The smallest absolute Gasteiger partial charge is 0.242 e. The standard InChI is InChI=1S/C29H41N3O4S/c1-22-16-17-23(2)27(21-22)32(37(4,35)36)19-10-15-28(33)31(20-18-25-11-6-5-7-12-25)24(3)29(34)30-26-13-8-9-14-26/h5-7,11-12,16-17,21,24,26H,8-10,13-15,18-20H2,1-4H3,(H,30,34)/t24-/m0/s1. The van der Waals surface area contributed by atoms with Crippen molar-refractivity contribution in [2.75, 3.05) is 23.7 Å². The number of amides is 2. The molecule has 0 radical (unpaired) electrons. The van der Waals surface area contributed by atoms with Crippen LogP contribution in [0.1, 0.15) is 62.1 Å². The van der Waals surface area contributed by atoms with Crippen molar-refractivity contribution in [3.63, 3.8) is 0 Å². The highest BCUT2D eigenvalue weighted by molar-refractivity contribution is 7.92. The van der Waals surface area contributed by atoms with Gasteiger partial charge in [0.2, 0.25) is 21.8 Å². The Bertz CT molecular complexity index is 1160. The third-order valence-electron chi connectivity index (χ3n) is 7.14. The minimum absolute atomic E-state index is 0.124. The molecule has 7 nitrogen and oxygen atoms in total. The number of benzene rings is 2. The zero-order chi connectivity index (χ0) is 27.0. The first-order valence-electron chi connectivity index (χ1n) is 13.2. The minimum atomic E-state index is -3.52. The minimum Gasteiger partial charge on any atom is -0.352 e. The van der Waals surface area contributed by atoms with Crippen molar-refractivity contribution in [2.45, 2.75) is 77.8 Å². The second kappa shape index (κ2) is 13.1. The highest BCUT2D eigenvalue weighted by Gasteiger charge is 2.28. The molecule has 3 rings (SSSR count). The summed E-state index contributed by atoms with van der Waals surface area (Å²) in [5, 5.41) is 3.12. The summed E-state index contributed by atoms with van der Waals surface area (Å²) in [4.78, 5) is 28.1. The summed E-state index contributed by atoms with van der Waals surface area (Å²) in [5.74, 6) is -0.263. The Balaban J connectivity index is 1.69. The lowest BCUT2D eigenvalue weighted by molar-refractivity contribution is -0.140. The van der Waals surface area contributed by atoms with E-state index in [1.54, 1.807) is 11.8 Å². The quantitative estimate of drug-likeness (QED) is 0.444. The fraction of sp³-hybridized carbons (Fsp3) is 0.517. The SMILES string of the molecule is Cc1ccc(C)c(N(CCCC(=O)N(CCc2ccccc2)[C@@H](C)C(=O)NC2CCCC2)S(C)(=O)=O)c1. The summed E-state index contributed by atoms with van der Waals surface area (Å²) in [5.41, 5.74) is 3.57. The number of hydrogen-bond acceptors (Lipinski definition) is 4. The fourth-order valence-corrected chi connectivity index (χ4v) is 5.95. The molecule has 2 aromatic rings. The van der Waals surface area contributed by atoms with Gasteiger partial charge < -0.3 is 10.2 Å². The molecule has 2 amide bonds. The van der Waals surface area contributed by atoms with Crippen LogP contribution in [0, 0.1) is 13.8 Å². The summed E-state index contributed by atoms with van der Waals surface area (Å²) >= 11 is 0. The van der Waals surface area contributed by atoms with E-state index in [2.05, 4.69) is 5.32 Å². The molecule has 1 N–H and O–H groups in total. The number of sulfonamides is 1. The Labute approximate surface area is 222 Å². The number of rotatable bonds is 12. The molecule has 0 heterocycles. The predicted octanol–water partition coefficient (Wildman–Crippen LogP) is 4.37. The number of anilines is 1. The van der Waals surface area contributed by atoms with Crippen LogP contribution in [-0.2, 0) is 26.0 Å². The Hall–Kier alpha value is -2.87. The van der Waals surface area contributed by atoms with Gasteiger partial charge in [0.1, 0.15) is 6.04 Å². The van der Waals surface area contributed by atoms with Crippen molar-refractivity contribution in [3.05, 3.63) is 65.2 Å². The molecule has 1 fully saturated rings. The van der Waals surface area contributed by atoms with Gasteiger partial charge in [-0.2, -0.15) is 0 Å². The highest BCUT2D eigenvalue weighted by atomic mass is 32.2. The Kier molecular flexibility index (Phi) is 10.1. The van der Waals surface area contributed by atoms with Gasteiger partial charge >= 0.3 is 0 Å².